The summed E-state index contributed by atoms with van der Waals surface area (Å²) >= 11 is 0. The minimum atomic E-state index is -3.34. The molecule has 1 saturated carbocycles. The highest BCUT2D eigenvalue weighted by Gasteiger charge is 2.57. The third kappa shape index (κ3) is 2.82. The second kappa shape index (κ2) is 5.10. The van der Waals surface area contributed by atoms with E-state index in [4.69, 9.17) is 0 Å². The van der Waals surface area contributed by atoms with Crippen LogP contribution in [0.4, 0.5) is 5.69 Å². The number of rotatable bonds is 3. The second-order valence-corrected chi connectivity index (χ2v) is 8.11. The van der Waals surface area contributed by atoms with Crippen LogP contribution in [0.25, 0.3) is 0 Å². The van der Waals surface area contributed by atoms with Crippen molar-refractivity contribution in [3.8, 4) is 0 Å². The fourth-order valence-electron chi connectivity index (χ4n) is 3.31. The number of amides is 1. The number of hydrogen-bond acceptors (Lipinski definition) is 4. The maximum Gasteiger partial charge on any atom is 0.228 e. The van der Waals surface area contributed by atoms with E-state index in [1.165, 1.54) is 6.07 Å². The second-order valence-electron chi connectivity index (χ2n) is 6.13. The smallest absolute Gasteiger partial charge is 0.228 e. The van der Waals surface area contributed by atoms with Crippen molar-refractivity contribution in [2.45, 2.75) is 24.2 Å². The van der Waals surface area contributed by atoms with Gasteiger partial charge >= 0.3 is 0 Å². The van der Waals surface area contributed by atoms with Crippen LogP contribution in [0.3, 0.4) is 0 Å². The number of benzene rings is 1. The summed E-state index contributed by atoms with van der Waals surface area (Å²) in [5.74, 6) is -0.0276. The van der Waals surface area contributed by atoms with Gasteiger partial charge in [0.1, 0.15) is 0 Å². The number of piperidine rings is 1. The molecule has 1 aromatic carbocycles. The molecule has 2 aliphatic rings. The van der Waals surface area contributed by atoms with Gasteiger partial charge in [0.05, 0.1) is 10.6 Å². The molecule has 1 aliphatic heterocycles. The largest absolute Gasteiger partial charge is 0.325 e. The predicted octanol–water partition coefficient (Wildman–Crippen LogP) is 1.42. The molecule has 5 nitrogen and oxygen atoms in total. The molecule has 1 heterocycles. The van der Waals surface area contributed by atoms with E-state index in [1.807, 2.05) is 0 Å². The molecule has 6 heteroatoms. The lowest BCUT2D eigenvalue weighted by Gasteiger charge is -2.23. The van der Waals surface area contributed by atoms with Gasteiger partial charge in [-0.05, 0) is 49.9 Å². The van der Waals surface area contributed by atoms with Crippen LogP contribution in [0.5, 0.6) is 0 Å². The Hall–Kier alpha value is -1.40. The van der Waals surface area contributed by atoms with Gasteiger partial charge in [0.2, 0.25) is 5.91 Å². The molecule has 1 aromatic rings. The van der Waals surface area contributed by atoms with E-state index < -0.39 is 9.84 Å². The van der Waals surface area contributed by atoms with E-state index in [9.17, 15) is 13.2 Å². The number of nitrogens with one attached hydrogen (secondary N) is 2. The summed E-state index contributed by atoms with van der Waals surface area (Å²) in [6.07, 6.45) is 4.13. The Labute approximate surface area is 125 Å². The van der Waals surface area contributed by atoms with Gasteiger partial charge in [0.15, 0.2) is 9.84 Å². The Kier molecular flexibility index (Phi) is 3.53. The van der Waals surface area contributed by atoms with Gasteiger partial charge in [-0.15, -0.1) is 0 Å². The summed E-state index contributed by atoms with van der Waals surface area (Å²) < 4.78 is 23.5. The molecule has 1 saturated heterocycles. The van der Waals surface area contributed by atoms with Gasteiger partial charge in [-0.3, -0.25) is 4.79 Å². The van der Waals surface area contributed by atoms with Gasteiger partial charge in [-0.2, -0.15) is 0 Å². The first-order valence-corrected chi connectivity index (χ1v) is 9.12. The first-order chi connectivity index (χ1) is 9.92. The van der Waals surface area contributed by atoms with Gasteiger partial charge in [0.25, 0.3) is 0 Å². The van der Waals surface area contributed by atoms with Crippen molar-refractivity contribution >= 4 is 21.4 Å². The summed E-state index contributed by atoms with van der Waals surface area (Å²) in [7, 11) is -3.34. The first kappa shape index (κ1) is 14.5. The third-order valence-corrected chi connectivity index (χ3v) is 5.80. The standard InChI is InChI=1S/C15H20N2O3S/c1-21(19,20)13-5-3-2-4-12(13)17-14(18)11-10-15(11)6-8-16-9-7-15/h2-5,11,16H,6-10H2,1H3,(H,17,18). The average Bonchev–Trinajstić information content (AvgIpc) is 3.12. The van der Waals surface area contributed by atoms with Gasteiger partial charge in [-0.25, -0.2) is 8.42 Å². The zero-order valence-corrected chi connectivity index (χ0v) is 12.9. The van der Waals surface area contributed by atoms with Crippen molar-refractivity contribution in [3.63, 3.8) is 0 Å². The SMILES string of the molecule is CS(=O)(=O)c1ccccc1NC(=O)C1CC12CCNCC2. The summed E-state index contributed by atoms with van der Waals surface area (Å²) in [6, 6.07) is 6.57. The number of carbonyl (C=O) groups is 1. The quantitative estimate of drug-likeness (QED) is 0.885. The van der Waals surface area contributed by atoms with Crippen LogP contribution in [-0.4, -0.2) is 33.7 Å². The summed E-state index contributed by atoms with van der Waals surface area (Å²) in [4.78, 5) is 12.6. The van der Waals surface area contributed by atoms with E-state index in [2.05, 4.69) is 10.6 Å². The van der Waals surface area contributed by atoms with Crippen molar-refractivity contribution in [1.29, 1.82) is 0 Å². The highest BCUT2D eigenvalue weighted by atomic mass is 32.2. The molecule has 1 amide bonds. The van der Waals surface area contributed by atoms with Crippen LogP contribution < -0.4 is 10.6 Å². The minimum absolute atomic E-state index is 0.0206. The number of hydrogen-bond donors (Lipinski definition) is 2. The van der Waals surface area contributed by atoms with Crippen molar-refractivity contribution in [2.75, 3.05) is 24.7 Å². The summed E-state index contributed by atoms with van der Waals surface area (Å²) in [6.45, 7) is 1.92. The Balaban J connectivity index is 1.75. The van der Waals surface area contributed by atoms with E-state index in [-0.39, 0.29) is 22.1 Å². The van der Waals surface area contributed by atoms with Crippen molar-refractivity contribution in [1.82, 2.24) is 5.32 Å². The summed E-state index contributed by atoms with van der Waals surface area (Å²) in [5.41, 5.74) is 0.538. The molecule has 2 N–H and O–H groups in total. The topological polar surface area (TPSA) is 75.3 Å². The molecule has 3 rings (SSSR count). The monoisotopic (exact) mass is 308 g/mol. The van der Waals surface area contributed by atoms with E-state index in [0.717, 1.165) is 38.6 Å². The average molecular weight is 308 g/mol. The van der Waals surface area contributed by atoms with Crippen LogP contribution in [0.2, 0.25) is 0 Å². The zero-order chi connectivity index (χ0) is 15.1. The maximum atomic E-state index is 12.4. The van der Waals surface area contributed by atoms with Crippen molar-refractivity contribution in [2.24, 2.45) is 11.3 Å². The Morgan fingerprint density at radius 3 is 2.62 bits per heavy atom. The van der Waals surface area contributed by atoms with Crippen molar-refractivity contribution < 1.29 is 13.2 Å². The lowest BCUT2D eigenvalue weighted by Crippen LogP contribution is -2.31. The molecular formula is C15H20N2O3S. The van der Waals surface area contributed by atoms with Gasteiger partial charge < -0.3 is 10.6 Å². The molecule has 114 valence electrons. The van der Waals surface area contributed by atoms with Crippen molar-refractivity contribution in [3.05, 3.63) is 24.3 Å². The highest BCUT2D eigenvalue weighted by molar-refractivity contribution is 7.90. The van der Waals surface area contributed by atoms with E-state index in [1.54, 1.807) is 18.2 Å². The molecular weight excluding hydrogens is 288 g/mol. The third-order valence-electron chi connectivity index (χ3n) is 4.65. The Bertz CT molecular complexity index is 663. The summed E-state index contributed by atoms with van der Waals surface area (Å²) in [5, 5.41) is 6.12. The van der Waals surface area contributed by atoms with Crippen LogP contribution in [0.15, 0.2) is 29.2 Å². The molecule has 0 aromatic heterocycles. The molecule has 1 spiro atoms. The van der Waals surface area contributed by atoms with Crippen LogP contribution in [0, 0.1) is 11.3 Å². The van der Waals surface area contributed by atoms with E-state index in [0.29, 0.717) is 5.69 Å². The zero-order valence-electron chi connectivity index (χ0n) is 12.1. The number of carbonyl (C=O) groups excluding carboxylic acids is 1. The fraction of sp³-hybridized carbons (Fsp3) is 0.533. The number of sulfone groups is 1. The van der Waals surface area contributed by atoms with Gasteiger partial charge in [-0.1, -0.05) is 12.1 Å². The first-order valence-electron chi connectivity index (χ1n) is 7.23. The van der Waals surface area contributed by atoms with E-state index >= 15 is 0 Å². The molecule has 1 aliphatic carbocycles. The molecule has 21 heavy (non-hydrogen) atoms. The van der Waals surface area contributed by atoms with Crippen LogP contribution in [0.1, 0.15) is 19.3 Å². The van der Waals surface area contributed by atoms with Crippen LogP contribution >= 0.6 is 0 Å². The normalized spacial score (nSPS) is 23.8. The number of para-hydroxylation sites is 1. The molecule has 2 fully saturated rings. The Morgan fingerprint density at radius 2 is 1.95 bits per heavy atom. The minimum Gasteiger partial charge on any atom is -0.325 e. The van der Waals surface area contributed by atoms with Gasteiger partial charge in [0, 0.05) is 12.2 Å². The molecule has 0 radical (unpaired) electrons. The maximum absolute atomic E-state index is 12.4. The number of anilines is 1. The highest BCUT2D eigenvalue weighted by Crippen LogP contribution is 2.58. The fourth-order valence-corrected chi connectivity index (χ4v) is 4.15. The molecule has 1 unspecified atom stereocenters. The molecule has 0 bridgehead atoms. The molecule has 1 atom stereocenters. The predicted molar refractivity (Wildman–Crippen MR) is 80.8 cm³/mol. The lowest BCUT2D eigenvalue weighted by atomic mass is 9.92. The Morgan fingerprint density at radius 1 is 1.29 bits per heavy atom. The lowest BCUT2D eigenvalue weighted by molar-refractivity contribution is -0.118. The van der Waals surface area contributed by atoms with Crippen LogP contribution in [-0.2, 0) is 14.6 Å².